The first-order valence-corrected chi connectivity index (χ1v) is 14.5. The molecule has 6 rings (SSSR count). The van der Waals surface area contributed by atoms with Gasteiger partial charge in [0.05, 0.1) is 21.8 Å². The van der Waals surface area contributed by atoms with Crippen LogP contribution in [0.1, 0.15) is 22.5 Å². The number of nitro groups is 1. The lowest BCUT2D eigenvalue weighted by atomic mass is 9.95. The van der Waals surface area contributed by atoms with Crippen LogP contribution in [0.15, 0.2) is 132 Å². The number of furan rings is 1. The second-order valence-electron chi connectivity index (χ2n) is 10.8. The van der Waals surface area contributed by atoms with Gasteiger partial charge in [-0.05, 0) is 52.4 Å². The predicted octanol–water partition coefficient (Wildman–Crippen LogP) is 9.36. The number of aliphatic carboxylic acids is 1. The number of carboxylic acid groups (broad SMARTS) is 1. The first-order valence-electron chi connectivity index (χ1n) is 14.5. The fraction of sp³-hybridized carbons (Fsp3) is 0.0789. The van der Waals surface area contributed by atoms with E-state index in [1.807, 2.05) is 84.9 Å². The molecule has 222 valence electrons. The molecule has 0 bridgehead atoms. The zero-order valence-corrected chi connectivity index (χ0v) is 24.1. The summed E-state index contributed by atoms with van der Waals surface area (Å²) in [6.07, 6.45) is 3.75. The summed E-state index contributed by atoms with van der Waals surface area (Å²) in [4.78, 5) is 23.5. The van der Waals surface area contributed by atoms with Crippen molar-refractivity contribution in [1.29, 1.82) is 0 Å². The van der Waals surface area contributed by atoms with Crippen molar-refractivity contribution in [3.05, 3.63) is 166 Å². The number of nitro benzene ring substituents is 1. The van der Waals surface area contributed by atoms with Gasteiger partial charge in [-0.1, -0.05) is 109 Å². The van der Waals surface area contributed by atoms with Gasteiger partial charge in [-0.15, -0.1) is 0 Å². The second kappa shape index (κ2) is 12.8. The third-order valence-electron chi connectivity index (χ3n) is 7.80. The molecule has 0 aliphatic heterocycles. The zero-order valence-electron chi connectivity index (χ0n) is 24.1. The maximum Gasteiger partial charge on any atom is 0.310 e. The van der Waals surface area contributed by atoms with Crippen LogP contribution in [0.5, 0.6) is 0 Å². The molecule has 6 aromatic rings. The van der Waals surface area contributed by atoms with Crippen molar-refractivity contribution < 1.29 is 23.6 Å². The van der Waals surface area contributed by atoms with Crippen LogP contribution in [0.2, 0.25) is 0 Å². The highest BCUT2D eigenvalue weighted by Gasteiger charge is 2.21. The Morgan fingerprint density at radius 2 is 1.47 bits per heavy atom. The molecule has 6 nitrogen and oxygen atoms in total. The molecule has 5 aromatic carbocycles. The molecule has 0 fully saturated rings. The van der Waals surface area contributed by atoms with E-state index in [0.717, 1.165) is 22.3 Å². The average Bonchev–Trinajstić information content (AvgIpc) is 3.43. The number of halogens is 1. The summed E-state index contributed by atoms with van der Waals surface area (Å²) in [5, 5.41) is 22.2. The third kappa shape index (κ3) is 6.43. The van der Waals surface area contributed by atoms with Gasteiger partial charge in [0, 0.05) is 18.1 Å². The van der Waals surface area contributed by atoms with Crippen LogP contribution in [0.4, 0.5) is 10.1 Å². The van der Waals surface area contributed by atoms with Crippen LogP contribution < -0.4 is 0 Å². The van der Waals surface area contributed by atoms with E-state index in [1.54, 1.807) is 24.3 Å². The summed E-state index contributed by atoms with van der Waals surface area (Å²) in [7, 11) is 0. The van der Waals surface area contributed by atoms with E-state index in [-0.39, 0.29) is 17.9 Å². The first kappa shape index (κ1) is 29.3. The lowest BCUT2D eigenvalue weighted by Gasteiger charge is -2.09. The number of rotatable bonds is 10. The van der Waals surface area contributed by atoms with Gasteiger partial charge >= 0.3 is 5.97 Å². The Balaban J connectivity index is 1.31. The van der Waals surface area contributed by atoms with Gasteiger partial charge in [0.25, 0.3) is 5.69 Å². The Morgan fingerprint density at radius 3 is 2.13 bits per heavy atom. The topological polar surface area (TPSA) is 93.6 Å². The van der Waals surface area contributed by atoms with Crippen molar-refractivity contribution in [3.8, 4) is 22.3 Å². The van der Waals surface area contributed by atoms with Crippen LogP contribution >= 0.6 is 0 Å². The highest BCUT2D eigenvalue weighted by Crippen LogP contribution is 2.39. The van der Waals surface area contributed by atoms with E-state index >= 15 is 4.39 Å². The molecule has 45 heavy (non-hydrogen) atoms. The summed E-state index contributed by atoms with van der Waals surface area (Å²) in [6, 6.07) is 36.1. The standard InChI is InChI=1S/C38H28FNO5/c39-32-12-7-13-34-37(32)36(35(45-34)23-26-10-5-2-6-11-26)29-18-14-27(15-19-29)30-20-16-28(33(24-30)40(43)44)17-21-31(38(41)42)22-25-8-3-1-4-9-25/h1-21,24,31H,22-23H2,(H,41,42). The Labute approximate surface area is 258 Å². The quantitative estimate of drug-likeness (QED) is 0.125. The second-order valence-corrected chi connectivity index (χ2v) is 10.8. The molecule has 1 aromatic heterocycles. The molecule has 0 spiro atoms. The highest BCUT2D eigenvalue weighted by molar-refractivity contribution is 5.96. The molecular weight excluding hydrogens is 569 g/mol. The molecule has 0 amide bonds. The summed E-state index contributed by atoms with van der Waals surface area (Å²) < 4.78 is 21.2. The first-order chi connectivity index (χ1) is 21.9. The lowest BCUT2D eigenvalue weighted by molar-refractivity contribution is -0.385. The Morgan fingerprint density at radius 1 is 0.822 bits per heavy atom. The van der Waals surface area contributed by atoms with Crippen molar-refractivity contribution in [2.45, 2.75) is 12.8 Å². The van der Waals surface area contributed by atoms with Gasteiger partial charge in [-0.25, -0.2) is 4.39 Å². The molecule has 0 saturated carbocycles. The fourth-order valence-corrected chi connectivity index (χ4v) is 5.54. The van der Waals surface area contributed by atoms with Gasteiger partial charge in [-0.2, -0.15) is 0 Å². The number of carbonyl (C=O) groups is 1. The Bertz CT molecular complexity index is 2020. The van der Waals surface area contributed by atoms with E-state index < -0.39 is 16.8 Å². The number of nitrogens with zero attached hydrogens (tertiary/aromatic N) is 1. The van der Waals surface area contributed by atoms with E-state index in [1.165, 1.54) is 24.3 Å². The number of carboxylic acids is 1. The minimum absolute atomic E-state index is 0.135. The van der Waals surface area contributed by atoms with Crippen LogP contribution in [0.25, 0.3) is 39.3 Å². The third-order valence-corrected chi connectivity index (χ3v) is 7.80. The summed E-state index contributed by atoms with van der Waals surface area (Å²) in [6.45, 7) is 0. The molecular formula is C38H28FNO5. The average molecular weight is 598 g/mol. The molecule has 1 heterocycles. The maximum absolute atomic E-state index is 15.1. The van der Waals surface area contributed by atoms with Crippen LogP contribution in [0, 0.1) is 21.8 Å². The van der Waals surface area contributed by atoms with E-state index in [2.05, 4.69) is 0 Å². The summed E-state index contributed by atoms with van der Waals surface area (Å²) in [5.74, 6) is -1.57. The minimum atomic E-state index is -1.01. The van der Waals surface area contributed by atoms with Gasteiger partial charge in [0.15, 0.2) is 0 Å². The Hall–Kier alpha value is -5.82. The minimum Gasteiger partial charge on any atom is -0.481 e. The van der Waals surface area contributed by atoms with Crippen molar-refractivity contribution in [2.75, 3.05) is 0 Å². The fourth-order valence-electron chi connectivity index (χ4n) is 5.54. The highest BCUT2D eigenvalue weighted by atomic mass is 19.1. The molecule has 7 heteroatoms. The van der Waals surface area contributed by atoms with Gasteiger partial charge in [-0.3, -0.25) is 14.9 Å². The molecule has 0 radical (unpaired) electrons. The smallest absolute Gasteiger partial charge is 0.310 e. The monoisotopic (exact) mass is 597 g/mol. The molecule has 0 aliphatic rings. The van der Waals surface area contributed by atoms with Gasteiger partial charge in [0.1, 0.15) is 17.2 Å². The van der Waals surface area contributed by atoms with Gasteiger partial charge < -0.3 is 9.52 Å². The lowest BCUT2D eigenvalue weighted by Crippen LogP contribution is -2.13. The van der Waals surface area contributed by atoms with Crippen LogP contribution in [0.3, 0.4) is 0 Å². The van der Waals surface area contributed by atoms with Crippen molar-refractivity contribution >= 4 is 28.7 Å². The molecule has 1 atom stereocenters. The Kier molecular flexibility index (Phi) is 8.33. The number of hydrogen-bond donors (Lipinski definition) is 1. The number of fused-ring (bicyclic) bond motifs is 1. The van der Waals surface area contributed by atoms with Crippen LogP contribution in [-0.4, -0.2) is 16.0 Å². The van der Waals surface area contributed by atoms with E-state index in [4.69, 9.17) is 4.42 Å². The predicted molar refractivity (Wildman–Crippen MR) is 173 cm³/mol. The number of hydrogen-bond acceptors (Lipinski definition) is 4. The number of benzene rings is 5. The molecule has 0 aliphatic carbocycles. The summed E-state index contributed by atoms with van der Waals surface area (Å²) in [5.41, 5.74) is 5.34. The van der Waals surface area contributed by atoms with Gasteiger partial charge in [0.2, 0.25) is 0 Å². The maximum atomic E-state index is 15.1. The van der Waals surface area contributed by atoms with E-state index in [0.29, 0.717) is 39.8 Å². The summed E-state index contributed by atoms with van der Waals surface area (Å²) >= 11 is 0. The zero-order chi connectivity index (χ0) is 31.3. The van der Waals surface area contributed by atoms with Crippen molar-refractivity contribution in [1.82, 2.24) is 0 Å². The van der Waals surface area contributed by atoms with Crippen molar-refractivity contribution in [2.24, 2.45) is 5.92 Å². The molecule has 1 unspecified atom stereocenters. The molecule has 1 N–H and O–H groups in total. The molecule has 0 saturated heterocycles. The normalized spacial score (nSPS) is 12.0. The van der Waals surface area contributed by atoms with Crippen molar-refractivity contribution in [3.63, 3.8) is 0 Å². The van der Waals surface area contributed by atoms with Crippen LogP contribution in [-0.2, 0) is 17.6 Å². The SMILES string of the molecule is O=C(O)C(C=Cc1ccc(-c2ccc(-c3c(Cc4ccccc4)oc4cccc(F)c34)cc2)cc1[N+](=O)[O-])Cc1ccccc1. The largest absolute Gasteiger partial charge is 0.481 e. The van der Waals surface area contributed by atoms with E-state index in [9.17, 15) is 20.0 Å².